The van der Waals surface area contributed by atoms with Gasteiger partial charge in [0.25, 0.3) is 10.0 Å². The lowest BCUT2D eigenvalue weighted by Crippen LogP contribution is -2.43. The third-order valence-corrected chi connectivity index (χ3v) is 5.60. The SMILES string of the molecule is CCOc1ccccc1N(CC(=O)NC(C)C)S(=O)(=O)c1ccc(Cl)cc1. The van der Waals surface area contributed by atoms with Gasteiger partial charge >= 0.3 is 0 Å². The molecular weight excluding hydrogens is 388 g/mol. The van der Waals surface area contributed by atoms with Gasteiger partial charge in [0.1, 0.15) is 12.3 Å². The van der Waals surface area contributed by atoms with Gasteiger partial charge in [-0.1, -0.05) is 23.7 Å². The number of carbonyl (C=O) groups excluding carboxylic acids is 1. The highest BCUT2D eigenvalue weighted by molar-refractivity contribution is 7.92. The maximum atomic E-state index is 13.3. The van der Waals surface area contributed by atoms with E-state index in [0.29, 0.717) is 23.1 Å². The minimum Gasteiger partial charge on any atom is -0.492 e. The van der Waals surface area contributed by atoms with Crippen molar-refractivity contribution < 1.29 is 17.9 Å². The van der Waals surface area contributed by atoms with Gasteiger partial charge < -0.3 is 10.1 Å². The van der Waals surface area contributed by atoms with Crippen molar-refractivity contribution in [2.75, 3.05) is 17.5 Å². The van der Waals surface area contributed by atoms with Crippen LogP contribution in [0.4, 0.5) is 5.69 Å². The van der Waals surface area contributed by atoms with Crippen LogP contribution in [0, 0.1) is 0 Å². The molecule has 0 saturated carbocycles. The summed E-state index contributed by atoms with van der Waals surface area (Å²) in [5, 5.41) is 3.14. The lowest BCUT2D eigenvalue weighted by atomic mass is 10.3. The molecule has 6 nitrogen and oxygen atoms in total. The number of para-hydroxylation sites is 2. The van der Waals surface area contributed by atoms with E-state index in [1.54, 1.807) is 31.2 Å². The summed E-state index contributed by atoms with van der Waals surface area (Å²) in [5.74, 6) is -0.0243. The molecule has 1 amide bonds. The zero-order valence-corrected chi connectivity index (χ0v) is 17.0. The van der Waals surface area contributed by atoms with Gasteiger partial charge in [0, 0.05) is 11.1 Å². The van der Waals surface area contributed by atoms with Gasteiger partial charge in [-0.2, -0.15) is 0 Å². The maximum Gasteiger partial charge on any atom is 0.264 e. The van der Waals surface area contributed by atoms with E-state index in [2.05, 4.69) is 5.32 Å². The van der Waals surface area contributed by atoms with E-state index in [1.165, 1.54) is 24.3 Å². The highest BCUT2D eigenvalue weighted by Gasteiger charge is 2.29. The summed E-state index contributed by atoms with van der Waals surface area (Å²) in [6.45, 7) is 5.42. The van der Waals surface area contributed by atoms with Crippen molar-refractivity contribution in [3.8, 4) is 5.75 Å². The van der Waals surface area contributed by atoms with Crippen LogP contribution in [0.25, 0.3) is 0 Å². The third kappa shape index (κ3) is 5.37. The molecule has 27 heavy (non-hydrogen) atoms. The summed E-state index contributed by atoms with van der Waals surface area (Å²) in [5.41, 5.74) is 0.299. The van der Waals surface area contributed by atoms with Crippen LogP contribution in [0.1, 0.15) is 20.8 Å². The van der Waals surface area contributed by atoms with Crippen LogP contribution >= 0.6 is 11.6 Å². The number of hydrogen-bond acceptors (Lipinski definition) is 4. The molecule has 0 aliphatic carbocycles. The number of anilines is 1. The molecular formula is C19H23ClN2O4S. The zero-order chi connectivity index (χ0) is 20.0. The van der Waals surface area contributed by atoms with Crippen molar-refractivity contribution >= 4 is 33.2 Å². The first kappa shape index (κ1) is 21.1. The first-order valence-corrected chi connectivity index (χ1v) is 10.4. The second kappa shape index (κ2) is 9.10. The molecule has 8 heteroatoms. The number of hydrogen-bond donors (Lipinski definition) is 1. The molecule has 0 aliphatic rings. The van der Waals surface area contributed by atoms with E-state index in [9.17, 15) is 13.2 Å². The first-order chi connectivity index (χ1) is 12.8. The lowest BCUT2D eigenvalue weighted by molar-refractivity contribution is -0.120. The Morgan fingerprint density at radius 1 is 1.15 bits per heavy atom. The quantitative estimate of drug-likeness (QED) is 0.723. The number of ether oxygens (including phenoxy) is 1. The molecule has 0 atom stereocenters. The van der Waals surface area contributed by atoms with Crippen molar-refractivity contribution in [1.82, 2.24) is 5.32 Å². The predicted molar refractivity (Wildman–Crippen MR) is 107 cm³/mol. The molecule has 1 N–H and O–H groups in total. The number of halogens is 1. The fourth-order valence-corrected chi connectivity index (χ4v) is 4.03. The molecule has 0 heterocycles. The molecule has 0 unspecified atom stereocenters. The Kier molecular flexibility index (Phi) is 7.10. The van der Waals surface area contributed by atoms with E-state index in [1.807, 2.05) is 13.8 Å². The summed E-state index contributed by atoms with van der Waals surface area (Å²) in [4.78, 5) is 12.4. The largest absolute Gasteiger partial charge is 0.492 e. The van der Waals surface area contributed by atoms with Gasteiger partial charge in [0.05, 0.1) is 17.2 Å². The van der Waals surface area contributed by atoms with E-state index in [0.717, 1.165) is 4.31 Å². The maximum absolute atomic E-state index is 13.3. The molecule has 0 bridgehead atoms. The molecule has 0 saturated heterocycles. The normalized spacial score (nSPS) is 11.3. The first-order valence-electron chi connectivity index (χ1n) is 8.55. The van der Waals surface area contributed by atoms with E-state index < -0.39 is 15.9 Å². The fourth-order valence-electron chi connectivity index (χ4n) is 2.47. The smallest absolute Gasteiger partial charge is 0.264 e. The predicted octanol–water partition coefficient (Wildman–Crippen LogP) is 3.46. The van der Waals surface area contributed by atoms with Crippen LogP contribution in [0.3, 0.4) is 0 Å². The number of amides is 1. The van der Waals surface area contributed by atoms with E-state index >= 15 is 0 Å². The highest BCUT2D eigenvalue weighted by Crippen LogP contribution is 2.32. The second-order valence-corrected chi connectivity index (χ2v) is 8.39. The molecule has 2 aromatic carbocycles. The van der Waals surface area contributed by atoms with Crippen molar-refractivity contribution in [2.45, 2.75) is 31.7 Å². The van der Waals surface area contributed by atoms with Crippen molar-refractivity contribution in [1.29, 1.82) is 0 Å². The van der Waals surface area contributed by atoms with Gasteiger partial charge in [-0.05, 0) is 57.2 Å². The van der Waals surface area contributed by atoms with Crippen molar-refractivity contribution in [3.05, 3.63) is 53.6 Å². The topological polar surface area (TPSA) is 75.7 Å². The molecule has 2 aromatic rings. The summed E-state index contributed by atoms with van der Waals surface area (Å²) >= 11 is 5.87. The summed E-state index contributed by atoms with van der Waals surface area (Å²) in [6, 6.07) is 12.4. The van der Waals surface area contributed by atoms with Gasteiger partial charge in [0.2, 0.25) is 5.91 Å². The number of sulfonamides is 1. The molecule has 146 valence electrons. The Morgan fingerprint density at radius 2 is 1.78 bits per heavy atom. The Labute approximate surface area is 165 Å². The summed E-state index contributed by atoms with van der Waals surface area (Å²) in [7, 11) is -4.01. The van der Waals surface area contributed by atoms with Crippen LogP contribution in [-0.2, 0) is 14.8 Å². The molecule has 2 rings (SSSR count). The number of nitrogens with one attached hydrogen (secondary N) is 1. The van der Waals surface area contributed by atoms with Crippen molar-refractivity contribution in [2.24, 2.45) is 0 Å². The van der Waals surface area contributed by atoms with Crippen LogP contribution in [-0.4, -0.2) is 33.5 Å². The Balaban J connectivity index is 2.53. The van der Waals surface area contributed by atoms with Crippen molar-refractivity contribution in [3.63, 3.8) is 0 Å². The standard InChI is InChI=1S/C19H23ClN2O4S/c1-4-26-18-8-6-5-7-17(18)22(13-19(23)21-14(2)3)27(24,25)16-11-9-15(20)10-12-16/h5-12,14H,4,13H2,1-3H3,(H,21,23). The third-order valence-electron chi connectivity index (χ3n) is 3.57. The van der Waals surface area contributed by atoms with Gasteiger partial charge in [-0.15, -0.1) is 0 Å². The molecule has 0 fully saturated rings. The summed E-state index contributed by atoms with van der Waals surface area (Å²) in [6.07, 6.45) is 0. The lowest BCUT2D eigenvalue weighted by Gasteiger charge is -2.26. The Bertz CT molecular complexity index is 883. The van der Waals surface area contributed by atoms with E-state index in [4.69, 9.17) is 16.3 Å². The Morgan fingerprint density at radius 3 is 2.37 bits per heavy atom. The minimum atomic E-state index is -4.01. The number of carbonyl (C=O) groups is 1. The fraction of sp³-hybridized carbons (Fsp3) is 0.316. The number of benzene rings is 2. The average molecular weight is 411 g/mol. The van der Waals surface area contributed by atoms with Gasteiger partial charge in [-0.3, -0.25) is 9.10 Å². The van der Waals surface area contributed by atoms with Crippen LogP contribution in [0.2, 0.25) is 5.02 Å². The monoisotopic (exact) mass is 410 g/mol. The van der Waals surface area contributed by atoms with Crippen LogP contribution < -0.4 is 14.4 Å². The highest BCUT2D eigenvalue weighted by atomic mass is 35.5. The molecule has 0 aliphatic heterocycles. The average Bonchev–Trinajstić information content (AvgIpc) is 2.60. The minimum absolute atomic E-state index is 0.0375. The zero-order valence-electron chi connectivity index (χ0n) is 15.5. The second-order valence-electron chi connectivity index (χ2n) is 6.09. The van der Waals surface area contributed by atoms with Crippen LogP contribution in [0.5, 0.6) is 5.75 Å². The van der Waals surface area contributed by atoms with Gasteiger partial charge in [0.15, 0.2) is 0 Å². The summed E-state index contributed by atoms with van der Waals surface area (Å²) < 4.78 is 33.2. The molecule has 0 spiro atoms. The molecule has 0 radical (unpaired) electrons. The number of rotatable bonds is 8. The van der Waals surface area contributed by atoms with Gasteiger partial charge in [-0.25, -0.2) is 8.42 Å². The van der Waals surface area contributed by atoms with E-state index in [-0.39, 0.29) is 17.5 Å². The number of nitrogens with zero attached hydrogens (tertiary/aromatic N) is 1. The molecule has 0 aromatic heterocycles. The van der Waals surface area contributed by atoms with Crippen LogP contribution in [0.15, 0.2) is 53.4 Å². The Hall–Kier alpha value is -2.25.